The van der Waals surface area contributed by atoms with Crippen LogP contribution in [-0.4, -0.2) is 56.5 Å². The second-order valence-electron chi connectivity index (χ2n) is 8.51. The number of carbonyl (C=O) groups excluding carboxylic acids is 1. The van der Waals surface area contributed by atoms with Crippen LogP contribution in [0.15, 0.2) is 35.1 Å². The zero-order chi connectivity index (χ0) is 22.7. The Morgan fingerprint density at radius 1 is 1.12 bits per heavy atom. The largest absolute Gasteiger partial charge is 0.354 e. The third kappa shape index (κ3) is 4.32. The molecule has 1 aliphatic heterocycles. The summed E-state index contributed by atoms with van der Waals surface area (Å²) in [5.41, 5.74) is 2.57. The lowest BCUT2D eigenvalue weighted by Gasteiger charge is -2.18. The number of carbonyl (C=O) groups is 1. The minimum absolute atomic E-state index is 0.157. The average Bonchev–Trinajstić information content (AvgIpc) is 3.44. The van der Waals surface area contributed by atoms with E-state index in [0.717, 1.165) is 37.4 Å². The fourth-order valence-electron chi connectivity index (χ4n) is 4.52. The Morgan fingerprint density at radius 2 is 1.84 bits per heavy atom. The van der Waals surface area contributed by atoms with E-state index in [-0.39, 0.29) is 11.5 Å². The summed E-state index contributed by atoms with van der Waals surface area (Å²) in [5.74, 6) is -0.157. The van der Waals surface area contributed by atoms with Crippen LogP contribution in [0.25, 0.3) is 16.6 Å². The van der Waals surface area contributed by atoms with E-state index < -0.39 is 6.04 Å². The summed E-state index contributed by atoms with van der Waals surface area (Å²) in [7, 11) is 0. The van der Waals surface area contributed by atoms with Crippen molar-refractivity contribution in [3.63, 3.8) is 0 Å². The van der Waals surface area contributed by atoms with Gasteiger partial charge in [0.05, 0.1) is 22.5 Å². The van der Waals surface area contributed by atoms with Crippen molar-refractivity contribution >= 4 is 16.8 Å². The number of hydrogen-bond donors (Lipinski definition) is 1. The Bertz CT molecular complexity index is 1140. The van der Waals surface area contributed by atoms with Crippen molar-refractivity contribution in [3.8, 4) is 5.69 Å². The van der Waals surface area contributed by atoms with Crippen molar-refractivity contribution in [3.05, 3.63) is 52.1 Å². The number of amides is 1. The first kappa shape index (κ1) is 22.2. The number of aromatic nitrogens is 4. The van der Waals surface area contributed by atoms with Gasteiger partial charge >= 0.3 is 0 Å². The molecule has 1 fully saturated rings. The number of rotatable bonds is 8. The minimum atomic E-state index is -0.642. The van der Waals surface area contributed by atoms with Crippen molar-refractivity contribution in [2.45, 2.75) is 52.5 Å². The second kappa shape index (κ2) is 9.65. The number of hydrogen-bond acceptors (Lipinski definition) is 5. The van der Waals surface area contributed by atoms with Crippen LogP contribution in [0.3, 0.4) is 0 Å². The maximum absolute atomic E-state index is 13.4. The molecule has 1 saturated heterocycles. The van der Waals surface area contributed by atoms with Crippen molar-refractivity contribution in [1.29, 1.82) is 0 Å². The number of para-hydroxylation sites is 1. The van der Waals surface area contributed by atoms with Gasteiger partial charge in [-0.2, -0.15) is 10.2 Å². The van der Waals surface area contributed by atoms with E-state index in [0.29, 0.717) is 29.6 Å². The van der Waals surface area contributed by atoms with E-state index in [4.69, 9.17) is 0 Å². The molecule has 0 radical (unpaired) electrons. The lowest BCUT2D eigenvalue weighted by molar-refractivity contribution is -0.124. The molecule has 1 N–H and O–H groups in total. The molecule has 1 aliphatic rings. The highest BCUT2D eigenvalue weighted by molar-refractivity contribution is 5.84. The van der Waals surface area contributed by atoms with Crippen molar-refractivity contribution in [2.75, 3.05) is 26.2 Å². The summed E-state index contributed by atoms with van der Waals surface area (Å²) in [6.07, 6.45) is 3.93. The standard InChI is InChI=1S/C24H32N6O2/c1-4-20(23(31)25-13-10-16-28-14-8-9-15-28)30-24(32)21-18(3)29(19-11-6-5-7-12-19)27-22(21)17(2)26-30/h5-7,11-12,20H,4,8-10,13-16H2,1-3H3,(H,25,31)/t20-/m0/s1. The van der Waals surface area contributed by atoms with E-state index in [9.17, 15) is 9.59 Å². The monoisotopic (exact) mass is 436 g/mol. The van der Waals surface area contributed by atoms with Gasteiger partial charge in [0, 0.05) is 6.54 Å². The molecule has 0 bridgehead atoms. The van der Waals surface area contributed by atoms with Crippen LogP contribution in [-0.2, 0) is 4.79 Å². The molecule has 8 heteroatoms. The first-order valence-electron chi connectivity index (χ1n) is 11.6. The number of benzene rings is 1. The van der Waals surface area contributed by atoms with Crippen LogP contribution in [0.5, 0.6) is 0 Å². The van der Waals surface area contributed by atoms with Crippen LogP contribution in [0, 0.1) is 13.8 Å². The molecule has 0 aliphatic carbocycles. The lowest BCUT2D eigenvalue weighted by Crippen LogP contribution is -2.39. The first-order valence-corrected chi connectivity index (χ1v) is 11.6. The predicted octanol–water partition coefficient (Wildman–Crippen LogP) is 2.75. The maximum atomic E-state index is 13.4. The molecule has 0 unspecified atom stereocenters. The van der Waals surface area contributed by atoms with Gasteiger partial charge in [0.25, 0.3) is 5.56 Å². The molecular weight excluding hydrogens is 404 g/mol. The normalized spacial score (nSPS) is 15.3. The van der Waals surface area contributed by atoms with Gasteiger partial charge in [-0.05, 0) is 71.3 Å². The number of aryl methyl sites for hydroxylation is 2. The van der Waals surface area contributed by atoms with Gasteiger partial charge in [0.1, 0.15) is 11.6 Å². The lowest BCUT2D eigenvalue weighted by atomic mass is 10.2. The van der Waals surface area contributed by atoms with E-state index in [1.165, 1.54) is 17.5 Å². The summed E-state index contributed by atoms with van der Waals surface area (Å²) in [6, 6.07) is 9.07. The smallest absolute Gasteiger partial charge is 0.278 e. The molecule has 32 heavy (non-hydrogen) atoms. The third-order valence-corrected chi connectivity index (χ3v) is 6.27. The highest BCUT2D eigenvalue weighted by atomic mass is 16.2. The van der Waals surface area contributed by atoms with E-state index >= 15 is 0 Å². The summed E-state index contributed by atoms with van der Waals surface area (Å²) in [6.45, 7) is 9.53. The van der Waals surface area contributed by atoms with Crippen LogP contribution in [0.2, 0.25) is 0 Å². The molecule has 1 atom stereocenters. The summed E-state index contributed by atoms with van der Waals surface area (Å²) < 4.78 is 3.11. The van der Waals surface area contributed by atoms with Crippen LogP contribution >= 0.6 is 0 Å². The van der Waals surface area contributed by atoms with E-state index in [1.54, 1.807) is 4.68 Å². The van der Waals surface area contributed by atoms with Crippen LogP contribution in [0.4, 0.5) is 0 Å². The van der Waals surface area contributed by atoms with Gasteiger partial charge in [-0.1, -0.05) is 25.1 Å². The van der Waals surface area contributed by atoms with E-state index in [1.807, 2.05) is 51.1 Å². The van der Waals surface area contributed by atoms with Gasteiger partial charge < -0.3 is 10.2 Å². The average molecular weight is 437 g/mol. The predicted molar refractivity (Wildman–Crippen MR) is 125 cm³/mol. The van der Waals surface area contributed by atoms with Crippen molar-refractivity contribution < 1.29 is 4.79 Å². The molecule has 0 spiro atoms. The Labute approximate surface area is 188 Å². The summed E-state index contributed by atoms with van der Waals surface area (Å²) in [5, 5.41) is 12.7. The van der Waals surface area contributed by atoms with E-state index in [2.05, 4.69) is 20.4 Å². The number of nitrogens with one attached hydrogen (secondary N) is 1. The molecule has 1 aromatic carbocycles. The summed E-state index contributed by atoms with van der Waals surface area (Å²) >= 11 is 0. The number of fused-ring (bicyclic) bond motifs is 1. The van der Waals surface area contributed by atoms with Crippen LogP contribution in [0.1, 0.15) is 50.0 Å². The van der Waals surface area contributed by atoms with Gasteiger partial charge in [-0.3, -0.25) is 9.59 Å². The highest BCUT2D eigenvalue weighted by Gasteiger charge is 2.25. The highest BCUT2D eigenvalue weighted by Crippen LogP contribution is 2.21. The molecule has 3 heterocycles. The molecule has 1 amide bonds. The SMILES string of the molecule is CC[C@@H](C(=O)NCCCN1CCCC1)n1nc(C)c2nn(-c3ccccc3)c(C)c2c1=O. The van der Waals surface area contributed by atoms with Crippen LogP contribution < -0.4 is 10.9 Å². The zero-order valence-corrected chi connectivity index (χ0v) is 19.2. The number of likely N-dealkylation sites (tertiary alicyclic amines) is 1. The quantitative estimate of drug-likeness (QED) is 0.549. The minimum Gasteiger partial charge on any atom is -0.354 e. The maximum Gasteiger partial charge on any atom is 0.278 e. The fourth-order valence-corrected chi connectivity index (χ4v) is 4.52. The zero-order valence-electron chi connectivity index (χ0n) is 19.2. The molecule has 8 nitrogen and oxygen atoms in total. The second-order valence-corrected chi connectivity index (χ2v) is 8.51. The Morgan fingerprint density at radius 3 is 2.53 bits per heavy atom. The topological polar surface area (TPSA) is 85.1 Å². The van der Waals surface area contributed by atoms with Gasteiger partial charge in [0.2, 0.25) is 5.91 Å². The molecule has 0 saturated carbocycles. The summed E-state index contributed by atoms with van der Waals surface area (Å²) in [4.78, 5) is 28.8. The Kier molecular flexibility index (Phi) is 6.69. The molecule has 170 valence electrons. The number of nitrogens with zero attached hydrogens (tertiary/aromatic N) is 5. The first-order chi connectivity index (χ1) is 15.5. The van der Waals surface area contributed by atoms with Gasteiger partial charge in [0.15, 0.2) is 0 Å². The molecule has 4 rings (SSSR count). The van der Waals surface area contributed by atoms with Gasteiger partial charge in [-0.25, -0.2) is 9.36 Å². The van der Waals surface area contributed by atoms with Crippen molar-refractivity contribution in [1.82, 2.24) is 29.8 Å². The molecular formula is C24H32N6O2. The fraction of sp³-hybridized carbons (Fsp3) is 0.500. The Hall–Kier alpha value is -3.00. The molecule has 3 aromatic rings. The Balaban J connectivity index is 1.58. The third-order valence-electron chi connectivity index (χ3n) is 6.27. The molecule has 2 aromatic heterocycles. The van der Waals surface area contributed by atoms with Crippen molar-refractivity contribution in [2.24, 2.45) is 0 Å². The van der Waals surface area contributed by atoms with Gasteiger partial charge in [-0.15, -0.1) is 0 Å².